The van der Waals surface area contributed by atoms with Crippen LogP contribution < -0.4 is 4.74 Å². The fourth-order valence-corrected chi connectivity index (χ4v) is 2.18. The van der Waals surface area contributed by atoms with Gasteiger partial charge in [0.25, 0.3) is 0 Å². The van der Waals surface area contributed by atoms with Gasteiger partial charge < -0.3 is 9.84 Å². The lowest BCUT2D eigenvalue weighted by Gasteiger charge is -2.19. The van der Waals surface area contributed by atoms with E-state index in [0.717, 1.165) is 5.56 Å². The van der Waals surface area contributed by atoms with E-state index in [1.807, 2.05) is 13.8 Å². The minimum atomic E-state index is -4.85. The fraction of sp³-hybridized carbons (Fsp3) is 0.500. The molecule has 21 heavy (non-hydrogen) atoms. The van der Waals surface area contributed by atoms with Crippen LogP contribution in [0.2, 0.25) is 5.02 Å². The second kappa shape index (κ2) is 6.56. The summed E-state index contributed by atoms with van der Waals surface area (Å²) in [5.74, 6) is -4.25. The van der Waals surface area contributed by atoms with Crippen molar-refractivity contribution in [3.05, 3.63) is 28.3 Å². The monoisotopic (exact) mass is 324 g/mol. The third-order valence-electron chi connectivity index (χ3n) is 3.01. The average Bonchev–Trinajstić information content (AvgIpc) is 2.29. The Bertz CT molecular complexity index is 527. The number of carboxylic acids is 1. The number of benzene rings is 1. The van der Waals surface area contributed by atoms with E-state index < -0.39 is 24.7 Å². The number of ether oxygens (including phenoxy) is 1. The number of aliphatic carboxylic acids is 1. The highest BCUT2D eigenvalue weighted by atomic mass is 35.5. The first kappa shape index (κ1) is 17.6. The van der Waals surface area contributed by atoms with Gasteiger partial charge in [0.05, 0.1) is 0 Å². The van der Waals surface area contributed by atoms with Crippen molar-refractivity contribution in [2.45, 2.75) is 32.9 Å². The number of hydrogen-bond donors (Lipinski definition) is 1. The largest absolute Gasteiger partial charge is 0.492 e. The van der Waals surface area contributed by atoms with Crippen molar-refractivity contribution in [2.24, 2.45) is 5.92 Å². The van der Waals surface area contributed by atoms with Gasteiger partial charge in [-0.2, -0.15) is 13.2 Å². The highest BCUT2D eigenvalue weighted by Gasteiger charge is 2.45. The van der Waals surface area contributed by atoms with Gasteiger partial charge >= 0.3 is 12.1 Å². The Hall–Kier alpha value is -1.43. The van der Waals surface area contributed by atoms with Gasteiger partial charge in [-0.25, -0.2) is 0 Å². The predicted octanol–water partition coefficient (Wildman–Crippen LogP) is 4.41. The van der Waals surface area contributed by atoms with Crippen LogP contribution in [0.25, 0.3) is 0 Å². The summed E-state index contributed by atoms with van der Waals surface area (Å²) < 4.78 is 42.8. The molecule has 0 aliphatic carbocycles. The highest BCUT2D eigenvalue weighted by Crippen LogP contribution is 2.33. The number of rotatable bonds is 5. The van der Waals surface area contributed by atoms with Gasteiger partial charge in [-0.05, 0) is 36.1 Å². The zero-order valence-corrected chi connectivity index (χ0v) is 12.5. The molecule has 1 aromatic carbocycles. The molecule has 0 aromatic heterocycles. The number of carboxylic acid groups (broad SMARTS) is 1. The Balaban J connectivity index is 2.98. The number of hydrogen-bond acceptors (Lipinski definition) is 2. The molecule has 0 radical (unpaired) electrons. The molecule has 0 bridgehead atoms. The smallest absolute Gasteiger partial charge is 0.405 e. The van der Waals surface area contributed by atoms with Crippen molar-refractivity contribution in [3.63, 3.8) is 0 Å². The SMILES string of the molecule is Cc1cc(Cl)c(C(C)C)cc1OCC(C(=O)O)C(F)(F)F. The molecular weight excluding hydrogens is 309 g/mol. The Morgan fingerprint density at radius 2 is 1.95 bits per heavy atom. The van der Waals surface area contributed by atoms with Gasteiger partial charge in [0, 0.05) is 5.02 Å². The average molecular weight is 325 g/mol. The quantitative estimate of drug-likeness (QED) is 0.872. The number of aryl methyl sites for hydroxylation is 1. The molecule has 0 spiro atoms. The van der Waals surface area contributed by atoms with E-state index in [1.165, 1.54) is 0 Å². The summed E-state index contributed by atoms with van der Waals surface area (Å²) in [6.07, 6.45) is -4.85. The van der Waals surface area contributed by atoms with Crippen LogP contribution in [-0.4, -0.2) is 23.9 Å². The van der Waals surface area contributed by atoms with E-state index in [1.54, 1.807) is 19.1 Å². The fourth-order valence-electron chi connectivity index (χ4n) is 1.75. The summed E-state index contributed by atoms with van der Waals surface area (Å²) in [4.78, 5) is 10.7. The first-order chi connectivity index (χ1) is 9.54. The van der Waals surface area contributed by atoms with Gasteiger partial charge in [0.15, 0.2) is 5.92 Å². The second-order valence-corrected chi connectivity index (χ2v) is 5.44. The first-order valence-corrected chi connectivity index (χ1v) is 6.64. The molecule has 0 amide bonds. The summed E-state index contributed by atoms with van der Waals surface area (Å²) >= 11 is 6.05. The molecule has 1 unspecified atom stereocenters. The van der Waals surface area contributed by atoms with E-state index in [9.17, 15) is 18.0 Å². The first-order valence-electron chi connectivity index (χ1n) is 6.26. The zero-order valence-electron chi connectivity index (χ0n) is 11.8. The molecule has 1 atom stereocenters. The van der Waals surface area contributed by atoms with Crippen molar-refractivity contribution >= 4 is 17.6 Å². The molecule has 7 heteroatoms. The van der Waals surface area contributed by atoms with Crippen LogP contribution in [0.3, 0.4) is 0 Å². The standard InChI is InChI=1S/C14H16ClF3O3/c1-7(2)9-5-12(8(3)4-11(9)15)21-6-10(13(19)20)14(16,17)18/h4-5,7,10H,6H2,1-3H3,(H,19,20). The molecule has 3 nitrogen and oxygen atoms in total. The number of halogens is 4. The zero-order chi connectivity index (χ0) is 16.4. The minimum Gasteiger partial charge on any atom is -0.492 e. The normalized spacial score (nSPS) is 13.3. The van der Waals surface area contributed by atoms with Gasteiger partial charge in [-0.3, -0.25) is 4.79 Å². The van der Waals surface area contributed by atoms with Crippen molar-refractivity contribution in [3.8, 4) is 5.75 Å². The maximum atomic E-state index is 12.6. The van der Waals surface area contributed by atoms with E-state index >= 15 is 0 Å². The lowest BCUT2D eigenvalue weighted by Crippen LogP contribution is -2.35. The summed E-state index contributed by atoms with van der Waals surface area (Å²) in [6.45, 7) is 4.43. The summed E-state index contributed by atoms with van der Waals surface area (Å²) in [5, 5.41) is 9.12. The maximum Gasteiger partial charge on any atom is 0.405 e. The minimum absolute atomic E-state index is 0.0679. The molecular formula is C14H16ClF3O3. The molecule has 0 aliphatic rings. The van der Waals surface area contributed by atoms with Gasteiger partial charge in [0.1, 0.15) is 12.4 Å². The Morgan fingerprint density at radius 3 is 2.38 bits per heavy atom. The van der Waals surface area contributed by atoms with Crippen molar-refractivity contribution in [1.82, 2.24) is 0 Å². The lowest BCUT2D eigenvalue weighted by molar-refractivity contribution is -0.198. The summed E-state index contributed by atoms with van der Waals surface area (Å²) in [6, 6.07) is 3.15. The lowest BCUT2D eigenvalue weighted by atomic mass is 10.0. The van der Waals surface area contributed by atoms with Gasteiger partial charge in [-0.1, -0.05) is 25.4 Å². The molecule has 0 heterocycles. The Morgan fingerprint density at radius 1 is 1.38 bits per heavy atom. The predicted molar refractivity (Wildman–Crippen MR) is 73.0 cm³/mol. The molecule has 1 aromatic rings. The van der Waals surface area contributed by atoms with Crippen LogP contribution in [0.5, 0.6) is 5.75 Å². The van der Waals surface area contributed by atoms with Crippen molar-refractivity contribution < 1.29 is 27.8 Å². The molecule has 0 fully saturated rings. The van der Waals surface area contributed by atoms with Gasteiger partial charge in [-0.15, -0.1) is 0 Å². The second-order valence-electron chi connectivity index (χ2n) is 5.04. The molecule has 0 aliphatic heterocycles. The third-order valence-corrected chi connectivity index (χ3v) is 3.34. The van der Waals surface area contributed by atoms with E-state index in [2.05, 4.69) is 0 Å². The van der Waals surface area contributed by atoms with Crippen LogP contribution in [0.15, 0.2) is 12.1 Å². The molecule has 0 saturated carbocycles. The van der Waals surface area contributed by atoms with Crippen LogP contribution >= 0.6 is 11.6 Å². The number of carbonyl (C=O) groups is 1. The van der Waals surface area contributed by atoms with Crippen molar-refractivity contribution in [2.75, 3.05) is 6.61 Å². The Labute approximate surface area is 125 Å². The number of alkyl halides is 3. The Kier molecular flexibility index (Phi) is 5.50. The summed E-state index contributed by atoms with van der Waals surface area (Å²) in [7, 11) is 0. The molecule has 118 valence electrons. The van der Waals surface area contributed by atoms with E-state index in [-0.39, 0.29) is 11.7 Å². The summed E-state index contributed by atoms with van der Waals surface area (Å²) in [5.41, 5.74) is 1.28. The van der Waals surface area contributed by atoms with E-state index in [4.69, 9.17) is 21.4 Å². The molecule has 0 saturated heterocycles. The van der Waals surface area contributed by atoms with Crippen LogP contribution in [0, 0.1) is 12.8 Å². The topological polar surface area (TPSA) is 46.5 Å². The van der Waals surface area contributed by atoms with Crippen LogP contribution in [0.1, 0.15) is 30.9 Å². The molecule has 1 rings (SSSR count). The van der Waals surface area contributed by atoms with Crippen LogP contribution in [-0.2, 0) is 4.79 Å². The van der Waals surface area contributed by atoms with Crippen LogP contribution in [0.4, 0.5) is 13.2 Å². The molecule has 1 N–H and O–H groups in total. The highest BCUT2D eigenvalue weighted by molar-refractivity contribution is 6.31. The van der Waals surface area contributed by atoms with E-state index in [0.29, 0.717) is 10.6 Å². The van der Waals surface area contributed by atoms with Crippen molar-refractivity contribution in [1.29, 1.82) is 0 Å². The maximum absolute atomic E-state index is 12.6. The van der Waals surface area contributed by atoms with Gasteiger partial charge in [0.2, 0.25) is 0 Å². The third kappa shape index (κ3) is 4.52.